The van der Waals surface area contributed by atoms with Crippen LogP contribution in [0.4, 0.5) is 0 Å². The molecular weight excluding hydrogens is 140 g/mol. The normalized spacial score (nSPS) is 8.89. The van der Waals surface area contributed by atoms with Gasteiger partial charge in [-0.15, -0.1) is 11.8 Å². The monoisotopic (exact) mass is 148 g/mol. The summed E-state index contributed by atoms with van der Waals surface area (Å²) in [5.41, 5.74) is 0. The Morgan fingerprint density at radius 3 is 2.33 bits per heavy atom. The van der Waals surface area contributed by atoms with E-state index in [-0.39, 0.29) is 11.5 Å². The van der Waals surface area contributed by atoms with Gasteiger partial charge in [0.1, 0.15) is 0 Å². The van der Waals surface area contributed by atoms with E-state index in [0.29, 0.717) is 5.75 Å². The third-order valence-electron chi connectivity index (χ3n) is 0.494. The Balaban J connectivity index is 3.10. The van der Waals surface area contributed by atoms with Gasteiger partial charge in [-0.1, -0.05) is 6.58 Å². The lowest BCUT2D eigenvalue weighted by Gasteiger charge is -1.93. The van der Waals surface area contributed by atoms with Gasteiger partial charge in [0.2, 0.25) is 0 Å². The number of aliphatic carboxylic acids is 1. The number of rotatable bonds is 4. The van der Waals surface area contributed by atoms with E-state index in [9.17, 15) is 4.79 Å². The highest BCUT2D eigenvalue weighted by Gasteiger charge is 1.96. The second-order valence-electron chi connectivity index (χ2n) is 1.45. The van der Waals surface area contributed by atoms with Gasteiger partial charge >= 0.3 is 5.97 Å². The number of carboxylic acids is 1. The van der Waals surface area contributed by atoms with Crippen LogP contribution in [-0.4, -0.2) is 27.7 Å². The Bertz CT molecular complexity index is 107. The fourth-order valence-electron chi connectivity index (χ4n) is 0.256. The Labute approximate surface area is 57.4 Å². The number of hydrogen-bond donors (Lipinski definition) is 2. The fourth-order valence-corrected chi connectivity index (χ4v) is 0.768. The predicted molar refractivity (Wildman–Crippen MR) is 36.7 cm³/mol. The summed E-state index contributed by atoms with van der Waals surface area (Å²) < 4.78 is 0. The molecule has 0 rings (SSSR count). The average Bonchev–Trinajstić information content (AvgIpc) is 1.63. The van der Waals surface area contributed by atoms with Gasteiger partial charge in [-0.25, -0.2) is 0 Å². The highest BCUT2D eigenvalue weighted by atomic mass is 32.2. The van der Waals surface area contributed by atoms with Crippen molar-refractivity contribution in [2.24, 2.45) is 0 Å². The molecule has 0 amide bonds. The van der Waals surface area contributed by atoms with Gasteiger partial charge in [-0.05, 0) is 0 Å². The van der Waals surface area contributed by atoms with Crippen LogP contribution in [-0.2, 0) is 4.79 Å². The molecule has 0 radical (unpaired) electrons. The minimum Gasteiger partial charge on any atom is -0.512 e. The summed E-state index contributed by atoms with van der Waals surface area (Å²) in [5.74, 6) is -0.547. The molecule has 0 aromatic heterocycles. The van der Waals surface area contributed by atoms with E-state index < -0.39 is 5.97 Å². The molecule has 0 spiro atoms. The second-order valence-corrected chi connectivity index (χ2v) is 2.44. The zero-order valence-electron chi connectivity index (χ0n) is 4.83. The molecule has 2 N–H and O–H groups in total. The minimum absolute atomic E-state index is 0.0135. The summed E-state index contributed by atoms with van der Waals surface area (Å²) in [7, 11) is 0. The van der Waals surface area contributed by atoms with Gasteiger partial charge in [-0.3, -0.25) is 4.79 Å². The summed E-state index contributed by atoms with van der Waals surface area (Å²) >= 11 is 1.12. The lowest BCUT2D eigenvalue weighted by Crippen LogP contribution is -1.99. The van der Waals surface area contributed by atoms with Crippen molar-refractivity contribution in [1.29, 1.82) is 0 Å². The lowest BCUT2D eigenvalue weighted by molar-refractivity contribution is -0.133. The van der Waals surface area contributed by atoms with Crippen molar-refractivity contribution in [3.05, 3.63) is 12.3 Å². The highest BCUT2D eigenvalue weighted by Crippen LogP contribution is 2.02. The van der Waals surface area contributed by atoms with Crippen LogP contribution in [0.3, 0.4) is 0 Å². The molecule has 0 aliphatic rings. The third-order valence-corrected chi connectivity index (χ3v) is 1.48. The van der Waals surface area contributed by atoms with E-state index in [2.05, 4.69) is 6.58 Å². The van der Waals surface area contributed by atoms with Crippen molar-refractivity contribution in [3.63, 3.8) is 0 Å². The molecule has 0 heterocycles. The minimum atomic E-state index is -0.874. The molecule has 0 aliphatic carbocycles. The molecule has 0 atom stereocenters. The smallest absolute Gasteiger partial charge is 0.313 e. The maximum Gasteiger partial charge on any atom is 0.313 e. The molecule has 0 aliphatic heterocycles. The van der Waals surface area contributed by atoms with Crippen LogP contribution in [0.2, 0.25) is 0 Å². The summed E-state index contributed by atoms with van der Waals surface area (Å²) in [5, 5.41) is 16.6. The number of thioether (sulfide) groups is 1. The van der Waals surface area contributed by atoms with E-state index in [1.54, 1.807) is 0 Å². The molecule has 9 heavy (non-hydrogen) atoms. The van der Waals surface area contributed by atoms with E-state index in [4.69, 9.17) is 10.2 Å². The quantitative estimate of drug-likeness (QED) is 0.581. The largest absolute Gasteiger partial charge is 0.512 e. The number of hydrogen-bond acceptors (Lipinski definition) is 3. The van der Waals surface area contributed by atoms with Crippen molar-refractivity contribution in [1.82, 2.24) is 0 Å². The molecule has 4 heteroatoms. The van der Waals surface area contributed by atoms with Crippen molar-refractivity contribution >= 4 is 17.7 Å². The topological polar surface area (TPSA) is 57.5 Å². The Kier molecular flexibility index (Phi) is 3.96. The van der Waals surface area contributed by atoms with Crippen LogP contribution < -0.4 is 0 Å². The first-order valence-electron chi connectivity index (χ1n) is 2.29. The van der Waals surface area contributed by atoms with Crippen molar-refractivity contribution in [2.45, 2.75) is 0 Å². The Hall–Kier alpha value is -0.640. The third kappa shape index (κ3) is 7.36. The molecule has 0 aromatic carbocycles. The summed E-state index contributed by atoms with van der Waals surface area (Å²) in [6, 6.07) is 0. The molecule has 0 unspecified atom stereocenters. The number of carboxylic acid groups (broad SMARTS) is 1. The predicted octanol–water partition coefficient (Wildman–Crippen LogP) is 0.876. The van der Waals surface area contributed by atoms with E-state index in [0.717, 1.165) is 11.8 Å². The van der Waals surface area contributed by atoms with E-state index in [1.165, 1.54) is 0 Å². The van der Waals surface area contributed by atoms with Crippen LogP contribution in [0, 0.1) is 0 Å². The summed E-state index contributed by atoms with van der Waals surface area (Å²) in [4.78, 5) is 9.85. The zero-order chi connectivity index (χ0) is 7.28. The number of carbonyl (C=O) groups is 1. The van der Waals surface area contributed by atoms with Crippen LogP contribution >= 0.6 is 11.8 Å². The second kappa shape index (κ2) is 4.26. The number of aliphatic hydroxyl groups excluding tert-OH is 1. The van der Waals surface area contributed by atoms with Gasteiger partial charge < -0.3 is 10.2 Å². The lowest BCUT2D eigenvalue weighted by atomic mass is 10.7. The van der Waals surface area contributed by atoms with Crippen LogP contribution in [0.1, 0.15) is 0 Å². The van der Waals surface area contributed by atoms with Crippen molar-refractivity contribution < 1.29 is 15.0 Å². The molecule has 0 aromatic rings. The SMILES string of the molecule is C=C(O)CSCC(=O)O. The zero-order valence-corrected chi connectivity index (χ0v) is 5.65. The number of aliphatic hydroxyl groups is 1. The maximum atomic E-state index is 9.85. The van der Waals surface area contributed by atoms with Crippen LogP contribution in [0.25, 0.3) is 0 Å². The van der Waals surface area contributed by atoms with Crippen molar-refractivity contribution in [3.8, 4) is 0 Å². The van der Waals surface area contributed by atoms with Crippen molar-refractivity contribution in [2.75, 3.05) is 11.5 Å². The maximum absolute atomic E-state index is 9.85. The molecule has 52 valence electrons. The summed E-state index contributed by atoms with van der Waals surface area (Å²) in [6.45, 7) is 3.19. The van der Waals surface area contributed by atoms with E-state index >= 15 is 0 Å². The summed E-state index contributed by atoms with van der Waals surface area (Å²) in [6.07, 6.45) is 0. The van der Waals surface area contributed by atoms with Gasteiger partial charge in [0, 0.05) is 0 Å². The fraction of sp³-hybridized carbons (Fsp3) is 0.400. The molecule has 3 nitrogen and oxygen atoms in total. The molecule has 0 saturated carbocycles. The van der Waals surface area contributed by atoms with Gasteiger partial charge in [0.15, 0.2) is 0 Å². The first-order valence-corrected chi connectivity index (χ1v) is 3.44. The van der Waals surface area contributed by atoms with E-state index in [1.807, 2.05) is 0 Å². The Morgan fingerprint density at radius 1 is 1.44 bits per heavy atom. The van der Waals surface area contributed by atoms with Crippen LogP contribution in [0.5, 0.6) is 0 Å². The Morgan fingerprint density at radius 2 is 2.00 bits per heavy atom. The first kappa shape index (κ1) is 8.36. The van der Waals surface area contributed by atoms with Gasteiger partial charge in [0.05, 0.1) is 17.3 Å². The van der Waals surface area contributed by atoms with Crippen LogP contribution in [0.15, 0.2) is 12.3 Å². The molecule has 0 fully saturated rings. The van der Waals surface area contributed by atoms with Gasteiger partial charge in [0.25, 0.3) is 0 Å². The standard InChI is InChI=1S/C5H8O3S/c1-4(6)2-9-3-5(7)8/h6H,1-3H2,(H,7,8). The van der Waals surface area contributed by atoms with Gasteiger partial charge in [-0.2, -0.15) is 0 Å². The molecule has 0 bridgehead atoms. The highest BCUT2D eigenvalue weighted by molar-refractivity contribution is 8.00. The average molecular weight is 148 g/mol. The molecule has 0 saturated heterocycles. The molecular formula is C5H8O3S. The first-order chi connectivity index (χ1) is 4.13.